The SMILES string of the molecule is CN(C)Cc1ccc(-c2cc3cccc(Oc4ccc(NC(=S)NC(=O)Cc5ccccc5)cc4F)c3s2)nc1.CN1CCN(Cc2ccc(-c3cc4cccc(Oc5ccc(NC(=S)NC(=O)Cc6ccccc6)cc5F)c4s3)nc2)CC1.O=C(Cc1ccccc1)NC(=S)Nc1ccc(Oc2cccc3cc(-c4ccc(CN5CCCC5)cn4)sc23)c(F)c1. The average molecular weight is 1790 g/mol. The third-order valence-electron chi connectivity index (χ3n) is 20.5. The van der Waals surface area contributed by atoms with Gasteiger partial charge in [-0.3, -0.25) is 39.1 Å². The molecule has 0 bridgehead atoms. The summed E-state index contributed by atoms with van der Waals surface area (Å²) < 4.78 is 66.1. The van der Waals surface area contributed by atoms with E-state index in [1.807, 2.05) is 184 Å². The molecular formula is C98H88F3N13O6S6. The van der Waals surface area contributed by atoms with E-state index in [1.54, 1.807) is 64.3 Å². The van der Waals surface area contributed by atoms with Crippen LogP contribution in [0.3, 0.4) is 0 Å². The van der Waals surface area contributed by atoms with Crippen LogP contribution in [0.1, 0.15) is 46.2 Å². The van der Waals surface area contributed by atoms with Crippen LogP contribution >= 0.6 is 70.7 Å². The topological polar surface area (TPSA) is 203 Å². The minimum atomic E-state index is -0.560. The van der Waals surface area contributed by atoms with Gasteiger partial charge in [0.25, 0.3) is 0 Å². The number of piperazine rings is 1. The number of likely N-dealkylation sites (N-methyl/N-ethyl adjacent to an activating group) is 1. The Bertz CT molecular complexity index is 6360. The maximum atomic E-state index is 15.1. The molecule has 2 aliphatic rings. The molecule has 9 aromatic carbocycles. The zero-order valence-corrected chi connectivity index (χ0v) is 73.9. The lowest BCUT2D eigenvalue weighted by Gasteiger charge is -2.32. The summed E-state index contributed by atoms with van der Waals surface area (Å²) >= 11 is 20.4. The number of hydrogen-bond donors (Lipinski definition) is 6. The number of carbonyl (C=O) groups excluding carboxylic acids is 3. The zero-order valence-electron chi connectivity index (χ0n) is 69.0. The van der Waals surface area contributed by atoms with Crippen molar-refractivity contribution in [3.8, 4) is 66.2 Å². The van der Waals surface area contributed by atoms with Gasteiger partial charge in [-0.1, -0.05) is 146 Å². The molecule has 2 saturated heterocycles. The number of benzene rings is 9. The third kappa shape index (κ3) is 24.5. The minimum absolute atomic E-state index is 0.0817. The summed E-state index contributed by atoms with van der Waals surface area (Å²) in [6.45, 7) is 9.29. The second kappa shape index (κ2) is 42.4. The first-order valence-electron chi connectivity index (χ1n) is 40.8. The highest BCUT2D eigenvalue weighted by Crippen LogP contribution is 2.44. The number of amides is 3. The lowest BCUT2D eigenvalue weighted by Crippen LogP contribution is -2.43. The van der Waals surface area contributed by atoms with Crippen LogP contribution in [0.2, 0.25) is 0 Å². The van der Waals surface area contributed by atoms with Crippen molar-refractivity contribution in [1.82, 2.24) is 50.5 Å². The number of anilines is 3. The van der Waals surface area contributed by atoms with Crippen LogP contribution < -0.4 is 46.1 Å². The number of likely N-dealkylation sites (tertiary alicyclic amines) is 1. The maximum Gasteiger partial charge on any atom is 0.230 e. The van der Waals surface area contributed by atoms with Gasteiger partial charge >= 0.3 is 0 Å². The van der Waals surface area contributed by atoms with Crippen LogP contribution in [-0.2, 0) is 53.3 Å². The summed E-state index contributed by atoms with van der Waals surface area (Å²) in [5.74, 6) is -0.490. The number of pyridine rings is 3. The Morgan fingerprint density at radius 1 is 0.373 bits per heavy atom. The zero-order chi connectivity index (χ0) is 87.4. The molecule has 6 aromatic heterocycles. The van der Waals surface area contributed by atoms with Crippen molar-refractivity contribution >= 4 is 151 Å². The molecule has 2 fully saturated rings. The Morgan fingerprint density at radius 3 is 1.01 bits per heavy atom. The minimum Gasteiger partial charge on any atom is -0.453 e. The molecule has 0 saturated carbocycles. The second-order valence-corrected chi connectivity index (χ2v) is 34.9. The number of thiocarbonyl (C=S) groups is 3. The predicted molar refractivity (Wildman–Crippen MR) is 513 cm³/mol. The summed E-state index contributed by atoms with van der Waals surface area (Å²) in [5, 5.41) is 19.7. The predicted octanol–water partition coefficient (Wildman–Crippen LogP) is 21.3. The first kappa shape index (κ1) is 88.3. The van der Waals surface area contributed by atoms with Crippen LogP contribution in [0.4, 0.5) is 30.2 Å². The molecule has 638 valence electrons. The van der Waals surface area contributed by atoms with Crippen LogP contribution in [0.25, 0.3) is 62.0 Å². The first-order valence-corrected chi connectivity index (χ1v) is 44.5. The fraction of sp³-hybridized carbons (Fsp3) is 0.173. The summed E-state index contributed by atoms with van der Waals surface area (Å²) in [6, 6.07) is 77.5. The molecule has 126 heavy (non-hydrogen) atoms. The van der Waals surface area contributed by atoms with Crippen molar-refractivity contribution in [2.24, 2.45) is 0 Å². The van der Waals surface area contributed by atoms with Gasteiger partial charge < -0.3 is 55.9 Å². The van der Waals surface area contributed by atoms with Crippen LogP contribution in [0.5, 0.6) is 34.5 Å². The Hall–Kier alpha value is -12.6. The number of nitrogens with one attached hydrogen (secondary N) is 6. The number of nitrogens with zero attached hydrogens (tertiary/aromatic N) is 7. The molecule has 17 rings (SSSR count). The molecule has 0 aliphatic carbocycles. The monoisotopic (exact) mass is 1790 g/mol. The number of halogens is 3. The van der Waals surface area contributed by atoms with Gasteiger partial charge in [0, 0.05) is 99.7 Å². The van der Waals surface area contributed by atoms with E-state index in [0.29, 0.717) is 34.3 Å². The molecule has 0 spiro atoms. The summed E-state index contributed by atoms with van der Waals surface area (Å²) in [7, 11) is 6.21. The largest absolute Gasteiger partial charge is 0.453 e. The van der Waals surface area contributed by atoms with E-state index in [1.165, 1.54) is 48.2 Å². The first-order chi connectivity index (χ1) is 61.2. The highest BCUT2D eigenvalue weighted by Gasteiger charge is 2.22. The molecule has 28 heteroatoms. The Labute approximate surface area is 756 Å². The summed E-state index contributed by atoms with van der Waals surface area (Å²) in [5.41, 5.74) is 10.1. The number of hydrogen-bond acceptors (Lipinski definition) is 19. The summed E-state index contributed by atoms with van der Waals surface area (Å²) in [6.07, 6.45) is 8.93. The number of rotatable bonds is 24. The number of thiophene rings is 3. The Balaban J connectivity index is 0.000000146. The Kier molecular flexibility index (Phi) is 29.7. The van der Waals surface area contributed by atoms with E-state index in [0.717, 1.165) is 143 Å². The van der Waals surface area contributed by atoms with E-state index in [2.05, 4.69) is 112 Å². The smallest absolute Gasteiger partial charge is 0.230 e. The van der Waals surface area contributed by atoms with E-state index in [9.17, 15) is 14.4 Å². The molecule has 0 radical (unpaired) electrons. The number of aromatic nitrogens is 3. The lowest BCUT2D eigenvalue weighted by molar-refractivity contribution is -0.119. The van der Waals surface area contributed by atoms with Crippen molar-refractivity contribution in [2.75, 3.05) is 76.4 Å². The average Bonchev–Trinajstić information content (AvgIpc) is 1.65. The molecule has 3 amide bonds. The van der Waals surface area contributed by atoms with E-state index >= 15 is 13.2 Å². The molecule has 0 atom stereocenters. The van der Waals surface area contributed by atoms with Crippen molar-refractivity contribution in [2.45, 2.75) is 51.7 Å². The van der Waals surface area contributed by atoms with E-state index in [4.69, 9.17) is 60.8 Å². The van der Waals surface area contributed by atoms with Crippen molar-refractivity contribution < 1.29 is 41.8 Å². The number of ether oxygens (including phenoxy) is 3. The number of fused-ring (bicyclic) bond motifs is 3. The van der Waals surface area contributed by atoms with Gasteiger partial charge in [0.15, 0.2) is 50.0 Å². The van der Waals surface area contributed by atoms with Gasteiger partial charge in [0.2, 0.25) is 17.7 Å². The molecule has 0 unspecified atom stereocenters. The number of carbonyl (C=O) groups is 3. The van der Waals surface area contributed by atoms with Gasteiger partial charge in [-0.2, -0.15) is 0 Å². The van der Waals surface area contributed by atoms with Crippen LogP contribution in [0, 0.1) is 17.5 Å². The van der Waals surface area contributed by atoms with E-state index in [-0.39, 0.29) is 69.6 Å². The lowest BCUT2D eigenvalue weighted by atomic mass is 10.1. The van der Waals surface area contributed by atoms with E-state index < -0.39 is 17.5 Å². The molecule has 15 aromatic rings. The fourth-order valence-electron chi connectivity index (χ4n) is 14.2. The summed E-state index contributed by atoms with van der Waals surface area (Å²) in [4.78, 5) is 63.4. The van der Waals surface area contributed by atoms with Crippen molar-refractivity contribution in [3.05, 3.63) is 324 Å². The quantitative estimate of drug-likeness (QED) is 0.0312. The fourth-order valence-corrected chi connectivity index (χ4v) is 18.2. The molecular weight excluding hydrogens is 1700 g/mol. The molecule has 2 aliphatic heterocycles. The van der Waals surface area contributed by atoms with Crippen molar-refractivity contribution in [3.63, 3.8) is 0 Å². The highest BCUT2D eigenvalue weighted by atomic mass is 32.1. The third-order valence-corrected chi connectivity index (χ3v) is 24.6. The Morgan fingerprint density at radius 2 is 0.698 bits per heavy atom. The molecule has 8 heterocycles. The van der Waals surface area contributed by atoms with Crippen molar-refractivity contribution in [1.29, 1.82) is 0 Å². The standard InChI is InChI=1S/C34H32FN5O2S2.C33H29FN4O2S2.C31H27FN4O2S2/c1-39-14-16-40(17-15-39)22-24-10-12-28(36-21-24)31-19-25-8-5-9-30(33(25)44-31)42-29-13-11-26(20-27(29)35)37-34(43)38-32(41)18-23-6-3-2-4-7-23;34-26-19-25(36-33(41)37-31(39)17-22-7-2-1-3-8-22)12-14-28(26)40-29-10-6-9-24-18-30(42-32(24)29)27-13-11-23(20-35-27)21-38-15-4-5-16-38;1-36(2)19-21-11-13-25(33-18-21)28-16-22-9-6-10-27(30(22)40-28)38-26-14-12-23(17-24(26)32)34-31(39)35-29(37)15-20-7-4-3-5-8-20/h2-13,19-21H,14-18,22H2,1H3,(H2,37,38,41,43);1-3,6-14,18-20H,4-5,15-17,21H2,(H2,36,37,39,41);3-14,16-18H,15,19H2,1-2H3,(H2,34,35,37,39). The molecule has 19 nitrogen and oxygen atoms in total. The van der Waals surface area contributed by atoms with Gasteiger partial charge in [0.05, 0.1) is 65.1 Å². The van der Waals surface area contributed by atoms with Crippen LogP contribution in [-0.4, -0.2) is 128 Å². The van der Waals surface area contributed by atoms with Gasteiger partial charge in [-0.05, 0) is 224 Å². The second-order valence-electron chi connectivity index (χ2n) is 30.5. The maximum absolute atomic E-state index is 15.1. The van der Waals surface area contributed by atoms with Crippen LogP contribution in [0.15, 0.2) is 273 Å². The van der Waals surface area contributed by atoms with Gasteiger partial charge in [-0.25, -0.2) is 13.2 Å². The molecule has 6 N–H and O–H groups in total. The highest BCUT2D eigenvalue weighted by molar-refractivity contribution is 7.81. The van der Waals surface area contributed by atoms with Gasteiger partial charge in [-0.15, -0.1) is 34.0 Å². The van der Waals surface area contributed by atoms with Gasteiger partial charge in [0.1, 0.15) is 17.2 Å². The normalized spacial score (nSPS) is 12.8.